The lowest BCUT2D eigenvalue weighted by molar-refractivity contribution is -0.135. The molecule has 1 fully saturated rings. The van der Waals surface area contributed by atoms with E-state index in [2.05, 4.69) is 10.6 Å². The molecule has 2 N–H and O–H groups in total. The van der Waals surface area contributed by atoms with Gasteiger partial charge in [0.15, 0.2) is 0 Å². The van der Waals surface area contributed by atoms with E-state index in [0.717, 1.165) is 0 Å². The zero-order valence-electron chi connectivity index (χ0n) is 26.7. The summed E-state index contributed by atoms with van der Waals surface area (Å²) >= 11 is 0. The normalized spacial score (nSPS) is 13.4. The minimum Gasteiger partial charge on any atom is -0.497 e. The molecule has 0 atom stereocenters. The van der Waals surface area contributed by atoms with Crippen LogP contribution < -0.4 is 20.1 Å². The average Bonchev–Trinajstić information content (AvgIpc) is 3.15. The number of carbonyl (C=O) groups excluding carboxylic acids is 4. The molecule has 0 aliphatic carbocycles. The van der Waals surface area contributed by atoms with Gasteiger partial charge in [0.25, 0.3) is 23.6 Å². The Morgan fingerprint density at radius 3 is 1.17 bits per heavy atom. The number of amides is 4. The molecule has 4 amide bonds. The van der Waals surface area contributed by atoms with Crippen LogP contribution in [0.5, 0.6) is 11.5 Å². The van der Waals surface area contributed by atoms with Crippen molar-refractivity contribution in [1.82, 2.24) is 20.4 Å². The number of methoxy groups -OCH3 is 2. The Hall–Kier alpha value is -6.16. The number of hydrogen-bond acceptors (Lipinski definition) is 6. The van der Waals surface area contributed by atoms with Crippen LogP contribution in [0.25, 0.3) is 12.2 Å². The van der Waals surface area contributed by atoms with Gasteiger partial charge in [-0.1, -0.05) is 60.7 Å². The predicted molar refractivity (Wildman–Crippen MR) is 183 cm³/mol. The Kier molecular flexibility index (Phi) is 11.0. The van der Waals surface area contributed by atoms with E-state index in [4.69, 9.17) is 9.47 Å². The highest BCUT2D eigenvalue weighted by Crippen LogP contribution is 2.18. The second-order valence-corrected chi connectivity index (χ2v) is 10.9. The largest absolute Gasteiger partial charge is 0.497 e. The molecule has 0 unspecified atom stereocenters. The van der Waals surface area contributed by atoms with E-state index in [-0.39, 0.29) is 49.4 Å². The first-order chi connectivity index (χ1) is 23.3. The first-order valence-corrected chi connectivity index (χ1v) is 15.4. The van der Waals surface area contributed by atoms with E-state index < -0.39 is 11.8 Å². The number of benzene rings is 4. The van der Waals surface area contributed by atoms with Crippen LogP contribution in [0.4, 0.5) is 0 Å². The molecule has 5 rings (SSSR count). The SMILES string of the molecule is COc1ccc(C=C(NC(=O)c2ccccc2)C(=O)N2CCN(C(=O)C(=Cc3ccc(OC)cc3)NC(=O)c3ccccc3)CC2)cc1. The monoisotopic (exact) mass is 644 g/mol. The summed E-state index contributed by atoms with van der Waals surface area (Å²) in [7, 11) is 3.14. The van der Waals surface area contributed by atoms with Crippen LogP contribution in [0, 0.1) is 0 Å². The van der Waals surface area contributed by atoms with E-state index in [1.807, 2.05) is 12.1 Å². The van der Waals surface area contributed by atoms with E-state index in [1.54, 1.807) is 133 Å². The van der Waals surface area contributed by atoms with Gasteiger partial charge in [0.05, 0.1) is 14.2 Å². The van der Waals surface area contributed by atoms with Crippen molar-refractivity contribution in [1.29, 1.82) is 0 Å². The molecular formula is C38H36N4O6. The number of ether oxygens (including phenoxy) is 2. The summed E-state index contributed by atoms with van der Waals surface area (Å²) in [5, 5.41) is 5.57. The summed E-state index contributed by atoms with van der Waals surface area (Å²) < 4.78 is 10.5. The molecule has 1 aliphatic heterocycles. The molecule has 0 aromatic heterocycles. The molecule has 4 aromatic carbocycles. The maximum absolute atomic E-state index is 13.8. The van der Waals surface area contributed by atoms with Gasteiger partial charge in [0.1, 0.15) is 22.9 Å². The minimum absolute atomic E-state index is 0.101. The number of nitrogens with one attached hydrogen (secondary N) is 2. The van der Waals surface area contributed by atoms with Crippen molar-refractivity contribution in [2.45, 2.75) is 0 Å². The molecule has 244 valence electrons. The fraction of sp³-hybridized carbons (Fsp3) is 0.158. The number of rotatable bonds is 10. The molecule has 48 heavy (non-hydrogen) atoms. The zero-order valence-corrected chi connectivity index (χ0v) is 26.7. The molecular weight excluding hydrogens is 608 g/mol. The third-order valence-electron chi connectivity index (χ3n) is 7.74. The quantitative estimate of drug-likeness (QED) is 0.244. The molecule has 1 saturated heterocycles. The van der Waals surface area contributed by atoms with E-state index in [9.17, 15) is 19.2 Å². The number of nitrogens with zero attached hydrogens (tertiary/aromatic N) is 2. The second kappa shape index (κ2) is 15.9. The zero-order chi connectivity index (χ0) is 33.9. The highest BCUT2D eigenvalue weighted by molar-refractivity contribution is 6.06. The Labute approximate surface area is 279 Å². The number of piperazine rings is 1. The topological polar surface area (TPSA) is 117 Å². The molecule has 10 heteroatoms. The summed E-state index contributed by atoms with van der Waals surface area (Å²) in [6, 6.07) is 31.5. The van der Waals surface area contributed by atoms with Crippen LogP contribution in [0.3, 0.4) is 0 Å². The summed E-state index contributed by atoms with van der Waals surface area (Å²) in [6.07, 6.45) is 3.24. The van der Waals surface area contributed by atoms with Gasteiger partial charge in [-0.05, 0) is 71.8 Å². The van der Waals surface area contributed by atoms with Crippen LogP contribution in [0.1, 0.15) is 31.8 Å². The number of carbonyl (C=O) groups is 4. The Morgan fingerprint density at radius 2 is 0.854 bits per heavy atom. The summed E-state index contributed by atoms with van der Waals surface area (Å²) in [5.41, 5.74) is 2.42. The van der Waals surface area contributed by atoms with E-state index in [1.165, 1.54) is 0 Å². The van der Waals surface area contributed by atoms with Crippen molar-refractivity contribution in [3.05, 3.63) is 143 Å². The van der Waals surface area contributed by atoms with Crippen molar-refractivity contribution in [2.24, 2.45) is 0 Å². The fourth-order valence-electron chi connectivity index (χ4n) is 5.06. The van der Waals surface area contributed by atoms with Gasteiger partial charge in [-0.2, -0.15) is 0 Å². The Bertz CT molecular complexity index is 1660. The van der Waals surface area contributed by atoms with Crippen molar-refractivity contribution < 1.29 is 28.7 Å². The van der Waals surface area contributed by atoms with Crippen LogP contribution in [-0.2, 0) is 9.59 Å². The molecule has 1 heterocycles. The lowest BCUT2D eigenvalue weighted by Gasteiger charge is -2.35. The predicted octanol–water partition coefficient (Wildman–Crippen LogP) is 4.62. The Balaban J connectivity index is 1.33. The van der Waals surface area contributed by atoms with Gasteiger partial charge in [0.2, 0.25) is 0 Å². The van der Waals surface area contributed by atoms with Crippen LogP contribution in [0.15, 0.2) is 121 Å². The van der Waals surface area contributed by atoms with E-state index >= 15 is 0 Å². The van der Waals surface area contributed by atoms with Crippen molar-refractivity contribution in [2.75, 3.05) is 40.4 Å². The smallest absolute Gasteiger partial charge is 0.270 e. The number of hydrogen-bond donors (Lipinski definition) is 2. The summed E-state index contributed by atoms with van der Waals surface area (Å²) in [6.45, 7) is 0.866. The minimum atomic E-state index is -0.417. The molecule has 10 nitrogen and oxygen atoms in total. The van der Waals surface area contributed by atoms with Crippen molar-refractivity contribution in [3.8, 4) is 11.5 Å². The maximum atomic E-state index is 13.8. The lowest BCUT2D eigenvalue weighted by atomic mass is 10.1. The highest BCUT2D eigenvalue weighted by Gasteiger charge is 2.29. The van der Waals surface area contributed by atoms with Gasteiger partial charge in [-0.3, -0.25) is 19.2 Å². The first-order valence-electron chi connectivity index (χ1n) is 15.4. The van der Waals surface area contributed by atoms with E-state index in [0.29, 0.717) is 33.8 Å². The summed E-state index contributed by atoms with van der Waals surface area (Å²) in [4.78, 5) is 57.0. The molecule has 0 radical (unpaired) electrons. The van der Waals surface area contributed by atoms with Crippen molar-refractivity contribution in [3.63, 3.8) is 0 Å². The molecule has 1 aliphatic rings. The van der Waals surface area contributed by atoms with Gasteiger partial charge < -0.3 is 29.9 Å². The molecule has 0 bridgehead atoms. The highest BCUT2D eigenvalue weighted by atomic mass is 16.5. The van der Waals surface area contributed by atoms with Crippen LogP contribution in [0.2, 0.25) is 0 Å². The first kappa shape index (κ1) is 33.2. The Morgan fingerprint density at radius 1 is 0.521 bits per heavy atom. The average molecular weight is 645 g/mol. The van der Waals surface area contributed by atoms with Crippen molar-refractivity contribution >= 4 is 35.8 Å². The fourth-order valence-corrected chi connectivity index (χ4v) is 5.06. The molecule has 4 aromatic rings. The van der Waals surface area contributed by atoms with Gasteiger partial charge >= 0.3 is 0 Å². The third kappa shape index (κ3) is 8.55. The van der Waals surface area contributed by atoms with Gasteiger partial charge in [0, 0.05) is 37.3 Å². The van der Waals surface area contributed by atoms with Crippen LogP contribution >= 0.6 is 0 Å². The third-order valence-corrected chi connectivity index (χ3v) is 7.74. The van der Waals surface area contributed by atoms with Gasteiger partial charge in [-0.15, -0.1) is 0 Å². The lowest BCUT2D eigenvalue weighted by Crippen LogP contribution is -2.53. The second-order valence-electron chi connectivity index (χ2n) is 10.9. The van der Waals surface area contributed by atoms with Crippen LogP contribution in [-0.4, -0.2) is 73.8 Å². The maximum Gasteiger partial charge on any atom is 0.270 e. The molecule has 0 saturated carbocycles. The standard InChI is InChI=1S/C38H36N4O6/c1-47-31-17-13-27(14-18-31)25-33(39-35(43)29-9-5-3-6-10-29)37(45)41-21-23-42(24-22-41)38(46)34(26-28-15-19-32(48-2)20-16-28)40-36(44)30-11-7-4-8-12-30/h3-20,25-26H,21-24H2,1-2H3,(H,39,43)(H,40,44). The summed E-state index contributed by atoms with van der Waals surface area (Å²) in [5.74, 6) is -0.272. The van der Waals surface area contributed by atoms with Gasteiger partial charge in [-0.25, -0.2) is 0 Å². The molecule has 0 spiro atoms.